The molecule has 27 heavy (non-hydrogen) atoms. The number of nitro benzene ring substituents is 1. The molecule has 0 aliphatic carbocycles. The van der Waals surface area contributed by atoms with Gasteiger partial charge in [-0.05, 0) is 6.07 Å². The molecule has 0 radical (unpaired) electrons. The Morgan fingerprint density at radius 2 is 2.22 bits per heavy atom. The first-order chi connectivity index (χ1) is 13.0. The van der Waals surface area contributed by atoms with Crippen molar-refractivity contribution in [1.82, 2.24) is 4.90 Å². The normalized spacial score (nSPS) is 19.6. The van der Waals surface area contributed by atoms with Crippen LogP contribution in [0.25, 0.3) is 0 Å². The minimum atomic E-state index is -0.591. The van der Waals surface area contributed by atoms with Crippen molar-refractivity contribution in [2.75, 3.05) is 38.7 Å². The van der Waals surface area contributed by atoms with Gasteiger partial charge in [-0.25, -0.2) is 0 Å². The lowest BCUT2D eigenvalue weighted by Gasteiger charge is -2.27. The van der Waals surface area contributed by atoms with Crippen LogP contribution < -0.4 is 10.1 Å². The molecule has 1 N–H and O–H groups in total. The van der Waals surface area contributed by atoms with Crippen molar-refractivity contribution in [2.24, 2.45) is 4.99 Å². The summed E-state index contributed by atoms with van der Waals surface area (Å²) in [4.78, 5) is 40.7. The van der Waals surface area contributed by atoms with E-state index in [0.29, 0.717) is 37.2 Å². The van der Waals surface area contributed by atoms with Crippen molar-refractivity contribution in [1.29, 1.82) is 0 Å². The zero-order valence-electron chi connectivity index (χ0n) is 14.5. The number of anilines is 1. The van der Waals surface area contributed by atoms with E-state index < -0.39 is 16.1 Å². The third-order valence-corrected chi connectivity index (χ3v) is 5.26. The molecule has 2 heterocycles. The number of carbonyl (C=O) groups excluding carboxylic acids is 2. The Hall–Kier alpha value is -2.66. The van der Waals surface area contributed by atoms with Crippen LogP contribution in [0.4, 0.5) is 11.4 Å². The number of non-ortho nitro benzene ring substituents is 1. The van der Waals surface area contributed by atoms with Crippen LogP contribution in [0.2, 0.25) is 0 Å². The van der Waals surface area contributed by atoms with Crippen LogP contribution in [-0.2, 0) is 14.3 Å². The first-order valence-corrected chi connectivity index (χ1v) is 9.10. The lowest BCUT2D eigenvalue weighted by atomic mass is 10.2. The number of nitrogens with one attached hydrogen (secondary N) is 1. The second-order valence-corrected chi connectivity index (χ2v) is 7.00. The van der Waals surface area contributed by atoms with E-state index in [2.05, 4.69) is 10.3 Å². The van der Waals surface area contributed by atoms with Crippen LogP contribution in [0.3, 0.4) is 0 Å². The van der Waals surface area contributed by atoms with Gasteiger partial charge in [0.15, 0.2) is 5.17 Å². The van der Waals surface area contributed by atoms with Crippen LogP contribution in [0.15, 0.2) is 23.2 Å². The maximum absolute atomic E-state index is 12.3. The number of amidine groups is 1. The van der Waals surface area contributed by atoms with Crippen molar-refractivity contribution in [2.45, 2.75) is 11.7 Å². The van der Waals surface area contributed by atoms with Gasteiger partial charge in [-0.15, -0.1) is 0 Å². The van der Waals surface area contributed by atoms with Gasteiger partial charge in [0.05, 0.1) is 37.0 Å². The average molecular weight is 394 g/mol. The van der Waals surface area contributed by atoms with Crippen molar-refractivity contribution in [3.63, 3.8) is 0 Å². The van der Waals surface area contributed by atoms with Crippen LogP contribution in [0.1, 0.15) is 6.42 Å². The largest absolute Gasteiger partial charge is 0.494 e. The first kappa shape index (κ1) is 19.1. The molecule has 1 fully saturated rings. The van der Waals surface area contributed by atoms with E-state index in [1.165, 1.54) is 37.1 Å². The summed E-state index contributed by atoms with van der Waals surface area (Å²) in [7, 11) is 1.35. The van der Waals surface area contributed by atoms with E-state index in [4.69, 9.17) is 9.47 Å². The highest BCUT2D eigenvalue weighted by Gasteiger charge is 2.33. The quantitative estimate of drug-likeness (QED) is 0.585. The molecule has 2 aliphatic heterocycles. The van der Waals surface area contributed by atoms with Crippen LogP contribution in [-0.4, -0.2) is 65.5 Å². The number of rotatable bonds is 5. The van der Waals surface area contributed by atoms with Crippen LogP contribution >= 0.6 is 11.8 Å². The fourth-order valence-electron chi connectivity index (χ4n) is 2.67. The van der Waals surface area contributed by atoms with Crippen molar-refractivity contribution >= 4 is 40.1 Å². The van der Waals surface area contributed by atoms with Crippen LogP contribution in [0.5, 0.6) is 5.75 Å². The fourth-order valence-corrected chi connectivity index (χ4v) is 3.78. The Kier molecular flexibility index (Phi) is 5.91. The molecule has 10 nitrogen and oxygen atoms in total. The molecule has 0 bridgehead atoms. The standard InChI is InChI=1S/C16H18N4O6S/c1-25-12-8-10(20(23)24)2-3-11(12)17-14(21)9-13-15(22)18-16(27-13)19-4-6-26-7-5-19/h2-3,8,13H,4-7,9H2,1H3,(H,17,21)/t13-/m1/s1. The summed E-state index contributed by atoms with van der Waals surface area (Å²) in [5.41, 5.74) is 0.160. The number of benzene rings is 1. The van der Waals surface area contributed by atoms with E-state index in [9.17, 15) is 19.7 Å². The summed E-state index contributed by atoms with van der Waals surface area (Å²) in [6, 6.07) is 3.89. The molecule has 144 valence electrons. The maximum Gasteiger partial charge on any atom is 0.273 e. The number of morpholine rings is 1. The Morgan fingerprint density at radius 3 is 2.89 bits per heavy atom. The monoisotopic (exact) mass is 394 g/mol. The molecule has 11 heteroatoms. The van der Waals surface area contributed by atoms with Gasteiger partial charge in [0.25, 0.3) is 11.6 Å². The molecule has 0 unspecified atom stereocenters. The number of nitro groups is 1. The molecule has 0 spiro atoms. The molecular weight excluding hydrogens is 376 g/mol. The smallest absolute Gasteiger partial charge is 0.273 e. The number of thioether (sulfide) groups is 1. The molecule has 2 aliphatic rings. The Bertz CT molecular complexity index is 793. The van der Waals surface area contributed by atoms with Crippen molar-refractivity contribution in [3.8, 4) is 5.75 Å². The molecule has 2 amide bonds. The van der Waals surface area contributed by atoms with Gasteiger partial charge >= 0.3 is 0 Å². The molecular formula is C16H18N4O6S. The van der Waals surface area contributed by atoms with E-state index in [0.717, 1.165) is 0 Å². The summed E-state index contributed by atoms with van der Waals surface area (Å²) in [6.45, 7) is 2.49. The van der Waals surface area contributed by atoms with Crippen molar-refractivity contribution < 1.29 is 24.0 Å². The summed E-state index contributed by atoms with van der Waals surface area (Å²) in [5.74, 6) is -0.563. The van der Waals surface area contributed by atoms with Gasteiger partial charge < -0.3 is 19.7 Å². The Balaban J connectivity index is 1.60. The SMILES string of the molecule is COc1cc([N+](=O)[O-])ccc1NC(=O)C[C@H]1SC(N2CCOCC2)=NC1=O. The zero-order valence-corrected chi connectivity index (χ0v) is 15.4. The predicted octanol–water partition coefficient (Wildman–Crippen LogP) is 1.26. The van der Waals surface area contributed by atoms with Gasteiger partial charge in [0.2, 0.25) is 5.91 Å². The number of nitrogens with zero attached hydrogens (tertiary/aromatic N) is 3. The van der Waals surface area contributed by atoms with E-state index >= 15 is 0 Å². The minimum Gasteiger partial charge on any atom is -0.494 e. The van der Waals surface area contributed by atoms with Crippen molar-refractivity contribution in [3.05, 3.63) is 28.3 Å². The summed E-state index contributed by atoms with van der Waals surface area (Å²) in [6.07, 6.45) is -0.0546. The molecule has 3 rings (SSSR count). The first-order valence-electron chi connectivity index (χ1n) is 8.22. The van der Waals surface area contributed by atoms with Gasteiger partial charge in [-0.1, -0.05) is 11.8 Å². The van der Waals surface area contributed by atoms with Gasteiger partial charge in [0, 0.05) is 25.6 Å². The number of hydrogen-bond acceptors (Lipinski definition) is 8. The molecule has 1 aromatic rings. The summed E-state index contributed by atoms with van der Waals surface area (Å²) in [5, 5.41) is 13.5. The predicted molar refractivity (Wildman–Crippen MR) is 99.1 cm³/mol. The van der Waals surface area contributed by atoms with Gasteiger partial charge in [-0.2, -0.15) is 4.99 Å². The number of ether oxygens (including phenoxy) is 2. The second-order valence-electron chi connectivity index (χ2n) is 5.83. The Morgan fingerprint density at radius 1 is 1.48 bits per heavy atom. The highest BCUT2D eigenvalue weighted by molar-refractivity contribution is 8.15. The number of amides is 2. The lowest BCUT2D eigenvalue weighted by molar-refractivity contribution is -0.384. The number of aliphatic imine (C=N–C) groups is 1. The third kappa shape index (κ3) is 4.55. The highest BCUT2D eigenvalue weighted by atomic mass is 32.2. The summed E-state index contributed by atoms with van der Waals surface area (Å²) >= 11 is 1.27. The van der Waals surface area contributed by atoms with E-state index in [1.807, 2.05) is 4.90 Å². The topological polar surface area (TPSA) is 123 Å². The third-order valence-electron chi connectivity index (χ3n) is 4.05. The van der Waals surface area contributed by atoms with Gasteiger partial charge in [-0.3, -0.25) is 19.7 Å². The number of hydrogen-bond donors (Lipinski definition) is 1. The fraction of sp³-hybridized carbons (Fsp3) is 0.438. The van der Waals surface area contributed by atoms with Gasteiger partial charge in [0.1, 0.15) is 11.0 Å². The van der Waals surface area contributed by atoms with E-state index in [-0.39, 0.29) is 23.8 Å². The maximum atomic E-state index is 12.3. The minimum absolute atomic E-state index is 0.0546. The molecule has 1 saturated heterocycles. The molecule has 1 aromatic carbocycles. The zero-order chi connectivity index (χ0) is 19.4. The molecule has 0 saturated carbocycles. The Labute approximate surface area is 159 Å². The summed E-state index contributed by atoms with van der Waals surface area (Å²) < 4.78 is 10.4. The second kappa shape index (κ2) is 8.35. The lowest BCUT2D eigenvalue weighted by Crippen LogP contribution is -2.39. The number of methoxy groups -OCH3 is 1. The molecule has 0 aromatic heterocycles. The average Bonchev–Trinajstić information content (AvgIpc) is 3.03. The highest BCUT2D eigenvalue weighted by Crippen LogP contribution is 2.31. The molecule has 1 atom stereocenters. The van der Waals surface area contributed by atoms with E-state index in [1.54, 1.807) is 0 Å². The van der Waals surface area contributed by atoms with Crippen LogP contribution in [0, 0.1) is 10.1 Å². The number of carbonyl (C=O) groups is 2.